The number of nitrogens with two attached hydrogens (primary N) is 7. The molecular weight excluding hydrogens is 1020 g/mol. The summed E-state index contributed by atoms with van der Waals surface area (Å²) < 4.78 is 0. The first kappa shape index (κ1) is 68.7. The maximum atomic E-state index is 14.1. The number of aliphatic imine (C=N–C) groups is 3. The Labute approximate surface area is 444 Å². The van der Waals surface area contributed by atoms with Crippen molar-refractivity contribution in [3.05, 3.63) is 0 Å². The summed E-state index contributed by atoms with van der Waals surface area (Å²) in [5.41, 5.74) is 37.8. The standard InChI is InChI=1S/C43H81N19O13S/c1-21(2)17-28(59-36(71)25(10-7-14-52-42(47)48)57-38(73)27(12-16-76-5)55-23(4)66)39(74)58-26(11-8-15-53-43(49)50)37(72)60-29(19-63)34(69)54-18-31(67)56-24(9-6-13-51-41(45)46)35(70)61-30(20-64)40(75)62-32(22(3)65)33(44)68/h21-22,24-30,32,63-65H,6-20H2,1-5H3,(H2,44,68)(H,54,69)(H,55,66)(H,56,67)(H,57,73)(H,58,74)(H,59,71)(H,60,72)(H,61,70)(H,62,75)(H4,45,46,51)(H4,47,48,52)(H4,49,50,53)/t22-,24+,25+,26+,27+,28+,29+,30+,32+/m1/s1. The SMILES string of the molecule is CSCC[C@H](NC(C)=O)C(=O)N[C@@H](CCCN=C(N)N)C(=O)N[C@@H](CC(C)C)C(=O)N[C@@H](CCCN=C(N)N)C(=O)N[C@@H](CO)C(=O)NCC(=O)N[C@@H](CCCN=C(N)N)C(=O)N[C@@H](CO)C(=O)N[C@H](C(N)=O)[C@@H](C)O. The molecule has 0 radical (unpaired) electrons. The van der Waals surface area contributed by atoms with Gasteiger partial charge in [-0.25, -0.2) is 0 Å². The smallest absolute Gasteiger partial charge is 0.245 e. The summed E-state index contributed by atoms with van der Waals surface area (Å²) >= 11 is 1.44. The number of rotatable bonds is 38. The maximum Gasteiger partial charge on any atom is 0.245 e. The van der Waals surface area contributed by atoms with Crippen LogP contribution >= 0.6 is 11.8 Å². The number of hydrogen-bond acceptors (Lipinski definition) is 17. The van der Waals surface area contributed by atoms with Crippen molar-refractivity contribution >= 4 is 88.7 Å². The van der Waals surface area contributed by atoms with Crippen molar-refractivity contribution in [1.82, 2.24) is 47.9 Å². The molecule has 0 aromatic heterocycles. The van der Waals surface area contributed by atoms with Crippen molar-refractivity contribution in [3.63, 3.8) is 0 Å². The highest BCUT2D eigenvalue weighted by Gasteiger charge is 2.34. The molecule has 0 spiro atoms. The Bertz CT molecular complexity index is 2020. The molecule has 0 aliphatic heterocycles. The number of nitrogens with one attached hydrogen (secondary N) is 9. The Morgan fingerprint density at radius 3 is 1.20 bits per heavy atom. The van der Waals surface area contributed by atoms with E-state index in [1.54, 1.807) is 13.8 Å². The highest BCUT2D eigenvalue weighted by Crippen LogP contribution is 2.11. The van der Waals surface area contributed by atoms with Crippen molar-refractivity contribution in [2.75, 3.05) is 51.4 Å². The normalized spacial score (nSPS) is 14.4. The minimum atomic E-state index is -1.74. The molecule has 0 aliphatic carbocycles. The third-order valence-corrected chi connectivity index (χ3v) is 11.2. The van der Waals surface area contributed by atoms with E-state index >= 15 is 0 Å². The highest BCUT2D eigenvalue weighted by atomic mass is 32.2. The zero-order chi connectivity index (χ0) is 58.1. The minimum Gasteiger partial charge on any atom is -0.394 e. The van der Waals surface area contributed by atoms with E-state index in [4.69, 9.17) is 40.1 Å². The molecule has 0 aliphatic rings. The molecule has 26 N–H and O–H groups in total. The number of aliphatic hydroxyl groups excluding tert-OH is 3. The summed E-state index contributed by atoms with van der Waals surface area (Å²) in [6.07, 6.45) is 0.696. The first-order chi connectivity index (χ1) is 35.7. The number of carbonyl (C=O) groups excluding carboxylic acids is 10. The summed E-state index contributed by atoms with van der Waals surface area (Å²) in [7, 11) is 0. The third kappa shape index (κ3) is 29.6. The van der Waals surface area contributed by atoms with Crippen LogP contribution in [0, 0.1) is 5.92 Å². The van der Waals surface area contributed by atoms with Gasteiger partial charge in [-0.15, -0.1) is 0 Å². The van der Waals surface area contributed by atoms with Crippen LogP contribution in [0.1, 0.15) is 79.1 Å². The van der Waals surface area contributed by atoms with Crippen LogP contribution in [0.2, 0.25) is 0 Å². The van der Waals surface area contributed by atoms with Gasteiger partial charge in [0.15, 0.2) is 17.9 Å². The molecule has 0 heterocycles. The van der Waals surface area contributed by atoms with E-state index in [0.717, 1.165) is 6.92 Å². The van der Waals surface area contributed by atoms with Crippen LogP contribution in [-0.2, 0) is 47.9 Å². The molecule has 0 unspecified atom stereocenters. The van der Waals surface area contributed by atoms with Crippen LogP contribution < -0.4 is 88.0 Å². The van der Waals surface area contributed by atoms with Gasteiger partial charge in [-0.3, -0.25) is 62.9 Å². The van der Waals surface area contributed by atoms with E-state index in [0.29, 0.717) is 5.75 Å². The van der Waals surface area contributed by atoms with Gasteiger partial charge in [-0.05, 0) is 76.2 Å². The van der Waals surface area contributed by atoms with E-state index < -0.39 is 133 Å². The molecule has 0 aromatic rings. The van der Waals surface area contributed by atoms with Crippen LogP contribution in [0.4, 0.5) is 0 Å². The maximum absolute atomic E-state index is 14.1. The van der Waals surface area contributed by atoms with E-state index in [1.807, 2.05) is 6.26 Å². The monoisotopic (exact) mass is 1100 g/mol. The van der Waals surface area contributed by atoms with E-state index in [1.165, 1.54) is 18.7 Å². The van der Waals surface area contributed by atoms with Gasteiger partial charge >= 0.3 is 0 Å². The number of nitrogens with zero attached hydrogens (tertiary/aromatic N) is 3. The van der Waals surface area contributed by atoms with E-state index in [2.05, 4.69) is 62.8 Å². The lowest BCUT2D eigenvalue weighted by atomic mass is 10.0. The fraction of sp³-hybridized carbons (Fsp3) is 0.698. The zero-order valence-electron chi connectivity index (χ0n) is 43.6. The predicted octanol–water partition coefficient (Wildman–Crippen LogP) is -9.19. The summed E-state index contributed by atoms with van der Waals surface area (Å²) in [6.45, 7) is 3.12. The third-order valence-electron chi connectivity index (χ3n) is 10.5. The Hall–Kier alpha value is -7.26. The summed E-state index contributed by atoms with van der Waals surface area (Å²) in [6, 6.07) is -11.5. The summed E-state index contributed by atoms with van der Waals surface area (Å²) in [5.74, 6) is -9.57. The number of carbonyl (C=O) groups is 10. The van der Waals surface area contributed by atoms with E-state index in [9.17, 15) is 63.3 Å². The molecule has 0 rings (SSSR count). The van der Waals surface area contributed by atoms with Crippen LogP contribution in [0.5, 0.6) is 0 Å². The second-order valence-electron chi connectivity index (χ2n) is 17.6. The van der Waals surface area contributed by atoms with Crippen molar-refractivity contribution in [2.45, 2.75) is 134 Å². The Morgan fingerprint density at radius 2 is 0.842 bits per heavy atom. The highest BCUT2D eigenvalue weighted by molar-refractivity contribution is 7.98. The molecular formula is C43H81N19O13S. The van der Waals surface area contributed by atoms with Gasteiger partial charge in [0.1, 0.15) is 48.3 Å². The van der Waals surface area contributed by atoms with Crippen molar-refractivity contribution in [3.8, 4) is 0 Å². The first-order valence-corrected chi connectivity index (χ1v) is 25.6. The molecule has 0 fully saturated rings. The van der Waals surface area contributed by atoms with E-state index in [-0.39, 0.29) is 94.8 Å². The summed E-state index contributed by atoms with van der Waals surface area (Å²) in [4.78, 5) is 143. The number of primary amides is 1. The van der Waals surface area contributed by atoms with Gasteiger partial charge in [-0.2, -0.15) is 11.8 Å². The zero-order valence-corrected chi connectivity index (χ0v) is 44.4. The Balaban J connectivity index is 6.46. The minimum absolute atomic E-state index is 0.00310. The molecule has 0 bridgehead atoms. The number of guanidine groups is 3. The summed E-state index contributed by atoms with van der Waals surface area (Å²) in [5, 5.41) is 51.6. The quantitative estimate of drug-likeness (QED) is 0.0155. The van der Waals surface area contributed by atoms with Gasteiger partial charge in [0.2, 0.25) is 59.1 Å². The lowest BCUT2D eigenvalue weighted by molar-refractivity contribution is -0.136. The van der Waals surface area contributed by atoms with Crippen molar-refractivity contribution in [1.29, 1.82) is 0 Å². The second kappa shape index (κ2) is 37.5. The molecule has 33 heteroatoms. The topological polar surface area (TPSA) is 559 Å². The molecule has 76 heavy (non-hydrogen) atoms. The molecule has 0 saturated carbocycles. The molecule has 10 amide bonds. The molecule has 32 nitrogen and oxygen atoms in total. The fourth-order valence-corrected chi connectivity index (χ4v) is 7.21. The van der Waals surface area contributed by atoms with Gasteiger partial charge in [0.25, 0.3) is 0 Å². The van der Waals surface area contributed by atoms with Crippen LogP contribution in [-0.4, -0.2) is 198 Å². The van der Waals surface area contributed by atoms with Gasteiger partial charge in [0.05, 0.1) is 25.9 Å². The second-order valence-corrected chi connectivity index (χ2v) is 18.6. The van der Waals surface area contributed by atoms with Crippen LogP contribution in [0.25, 0.3) is 0 Å². The van der Waals surface area contributed by atoms with Crippen LogP contribution in [0.15, 0.2) is 15.0 Å². The molecule has 9 atom stereocenters. The molecule has 0 aromatic carbocycles. The molecule has 0 saturated heterocycles. The van der Waals surface area contributed by atoms with Gasteiger partial charge in [0, 0.05) is 26.6 Å². The lowest BCUT2D eigenvalue weighted by Gasteiger charge is -2.27. The van der Waals surface area contributed by atoms with Crippen molar-refractivity contribution < 1.29 is 63.3 Å². The fourth-order valence-electron chi connectivity index (χ4n) is 6.74. The predicted molar refractivity (Wildman–Crippen MR) is 281 cm³/mol. The van der Waals surface area contributed by atoms with Gasteiger partial charge < -0.3 is 103 Å². The molecule has 432 valence electrons. The number of hydrogen-bond donors (Lipinski definition) is 19. The number of thioether (sulfide) groups is 1. The number of aliphatic hydroxyl groups is 3. The lowest BCUT2D eigenvalue weighted by Crippen LogP contribution is -2.60. The number of amides is 10. The van der Waals surface area contributed by atoms with Crippen LogP contribution in [0.3, 0.4) is 0 Å². The average Bonchev–Trinajstić information content (AvgIpc) is 3.33. The first-order valence-electron chi connectivity index (χ1n) is 24.2. The van der Waals surface area contributed by atoms with Gasteiger partial charge in [-0.1, -0.05) is 13.8 Å². The van der Waals surface area contributed by atoms with Crippen molar-refractivity contribution in [2.24, 2.45) is 61.0 Å². The average molecular weight is 1100 g/mol. The largest absolute Gasteiger partial charge is 0.394 e. The Morgan fingerprint density at radius 1 is 0.487 bits per heavy atom. The Kier molecular flexibility index (Phi) is 33.9.